The number of hydrogen-bond donors (Lipinski definition) is 0. The molecular weight excluding hydrogens is 204 g/mol. The van der Waals surface area contributed by atoms with Crippen LogP contribution in [0.4, 0.5) is 13.2 Å². The number of methoxy groups -OCH3 is 1. The minimum atomic E-state index is -4.70. The van der Waals surface area contributed by atoms with Crippen LogP contribution in [0.1, 0.15) is 13.8 Å². The van der Waals surface area contributed by atoms with Crippen LogP contribution in [0.3, 0.4) is 0 Å². The smallest absolute Gasteiger partial charge is 0.358 e. The van der Waals surface area contributed by atoms with Gasteiger partial charge in [-0.25, -0.2) is 0 Å². The molecule has 6 heteroatoms. The fourth-order valence-corrected chi connectivity index (χ4v) is 1.12. The molecule has 0 aliphatic heterocycles. The van der Waals surface area contributed by atoms with E-state index in [0.717, 1.165) is 7.11 Å². The second-order valence-corrected chi connectivity index (χ2v) is 3.77. The Hall–Kier alpha value is -0.150. The zero-order valence-corrected chi connectivity index (χ0v) is 8.76. The molecule has 0 aliphatic carbocycles. The summed E-state index contributed by atoms with van der Waals surface area (Å²) in [5.74, 6) is -1.72. The Morgan fingerprint density at radius 1 is 1.38 bits per heavy atom. The van der Waals surface area contributed by atoms with E-state index in [1.165, 1.54) is 23.1 Å². The summed E-state index contributed by atoms with van der Waals surface area (Å²) < 4.78 is 41.3. The Balaban J connectivity index is 4.96. The van der Waals surface area contributed by atoms with E-state index in [4.69, 9.17) is 0 Å². The standard InChI is InChI=1S/C7H12F3O2P/c1-4(2)5(11)6(13,12-3)7(8,9)10/h4H,13H2,1-3H3. The van der Waals surface area contributed by atoms with Gasteiger partial charge in [0.2, 0.25) is 5.34 Å². The topological polar surface area (TPSA) is 26.3 Å². The van der Waals surface area contributed by atoms with Crippen LogP contribution in [0, 0.1) is 5.92 Å². The molecule has 0 radical (unpaired) electrons. The molecule has 2 unspecified atom stereocenters. The second kappa shape index (κ2) is 3.93. The van der Waals surface area contributed by atoms with Gasteiger partial charge >= 0.3 is 6.18 Å². The molecule has 0 fully saturated rings. The fourth-order valence-electron chi connectivity index (χ4n) is 0.785. The van der Waals surface area contributed by atoms with Gasteiger partial charge in [-0.3, -0.25) is 4.79 Å². The van der Waals surface area contributed by atoms with Gasteiger partial charge in [-0.05, 0) is 0 Å². The van der Waals surface area contributed by atoms with Crippen molar-refractivity contribution < 1.29 is 22.7 Å². The van der Waals surface area contributed by atoms with Gasteiger partial charge in [0.25, 0.3) is 0 Å². The van der Waals surface area contributed by atoms with E-state index in [2.05, 4.69) is 4.74 Å². The maximum absolute atomic E-state index is 12.3. The lowest BCUT2D eigenvalue weighted by molar-refractivity contribution is -0.227. The molecule has 0 bridgehead atoms. The highest BCUT2D eigenvalue weighted by Crippen LogP contribution is 2.40. The lowest BCUT2D eigenvalue weighted by Gasteiger charge is -2.30. The van der Waals surface area contributed by atoms with Gasteiger partial charge in [0, 0.05) is 13.0 Å². The van der Waals surface area contributed by atoms with E-state index in [-0.39, 0.29) is 0 Å². The number of ketones is 1. The highest BCUT2D eigenvalue weighted by molar-refractivity contribution is 7.20. The van der Waals surface area contributed by atoms with E-state index < -0.39 is 23.2 Å². The van der Waals surface area contributed by atoms with Crippen molar-refractivity contribution in [3.05, 3.63) is 0 Å². The number of hydrogen-bond acceptors (Lipinski definition) is 2. The first kappa shape index (κ1) is 12.8. The van der Waals surface area contributed by atoms with Crippen molar-refractivity contribution >= 4 is 15.0 Å². The van der Waals surface area contributed by atoms with Crippen LogP contribution in [0.2, 0.25) is 0 Å². The first-order valence-corrected chi connectivity index (χ1v) is 4.19. The summed E-state index contributed by atoms with van der Waals surface area (Å²) in [5, 5.41) is -2.76. The summed E-state index contributed by atoms with van der Waals surface area (Å²) in [5.41, 5.74) is 0. The highest BCUT2D eigenvalue weighted by Gasteiger charge is 2.57. The number of Topliss-reactive ketones (excluding diaryl/α,β-unsaturated/α-hetero) is 1. The molecule has 2 nitrogen and oxygen atoms in total. The van der Waals surface area contributed by atoms with Crippen molar-refractivity contribution in [3.8, 4) is 0 Å². The van der Waals surface area contributed by atoms with Crippen molar-refractivity contribution in [1.82, 2.24) is 0 Å². The van der Waals surface area contributed by atoms with Crippen LogP contribution in [-0.4, -0.2) is 24.4 Å². The molecule has 13 heavy (non-hydrogen) atoms. The van der Waals surface area contributed by atoms with E-state index in [9.17, 15) is 18.0 Å². The summed E-state index contributed by atoms with van der Waals surface area (Å²) in [6, 6.07) is 0. The summed E-state index contributed by atoms with van der Waals surface area (Å²) in [7, 11) is 2.29. The second-order valence-electron chi connectivity index (χ2n) is 2.96. The molecule has 0 heterocycles. The Morgan fingerprint density at radius 3 is 1.85 bits per heavy atom. The van der Waals surface area contributed by atoms with Gasteiger partial charge in [0.05, 0.1) is 0 Å². The van der Waals surface area contributed by atoms with E-state index in [1.807, 2.05) is 0 Å². The molecule has 0 N–H and O–H groups in total. The molecule has 78 valence electrons. The molecule has 0 saturated heterocycles. The maximum Gasteiger partial charge on any atom is 0.428 e. The van der Waals surface area contributed by atoms with Crippen LogP contribution in [0.25, 0.3) is 0 Å². The summed E-state index contributed by atoms with van der Waals surface area (Å²) in [4.78, 5) is 11.2. The molecule has 2 atom stereocenters. The third-order valence-corrected chi connectivity index (χ3v) is 2.48. The average Bonchev–Trinajstić information content (AvgIpc) is 1.99. The first-order valence-electron chi connectivity index (χ1n) is 3.62. The van der Waals surface area contributed by atoms with Crippen LogP contribution in [0.5, 0.6) is 0 Å². The van der Waals surface area contributed by atoms with Crippen LogP contribution >= 0.6 is 9.24 Å². The highest BCUT2D eigenvalue weighted by atomic mass is 31.0. The summed E-state index contributed by atoms with van der Waals surface area (Å²) in [6.07, 6.45) is -4.70. The van der Waals surface area contributed by atoms with Crippen molar-refractivity contribution in [2.45, 2.75) is 25.4 Å². The number of carbonyl (C=O) groups excluding carboxylic acids is 1. The Labute approximate surface area is 77.0 Å². The zero-order chi connectivity index (χ0) is 10.9. The Morgan fingerprint density at radius 2 is 1.77 bits per heavy atom. The maximum atomic E-state index is 12.3. The first-order chi connectivity index (χ1) is 5.66. The molecule has 0 rings (SSSR count). The van der Waals surface area contributed by atoms with Crippen molar-refractivity contribution in [3.63, 3.8) is 0 Å². The molecule has 0 aliphatic rings. The van der Waals surface area contributed by atoms with Crippen LogP contribution < -0.4 is 0 Å². The summed E-state index contributed by atoms with van der Waals surface area (Å²) in [6.45, 7) is 2.79. The van der Waals surface area contributed by atoms with Gasteiger partial charge in [-0.15, -0.1) is 0 Å². The lowest BCUT2D eigenvalue weighted by Crippen LogP contribution is -2.49. The number of rotatable bonds is 3. The normalized spacial score (nSPS) is 17.2. The predicted octanol–water partition coefficient (Wildman–Crippen LogP) is 1.99. The minimum Gasteiger partial charge on any atom is -0.358 e. The monoisotopic (exact) mass is 216 g/mol. The van der Waals surface area contributed by atoms with E-state index in [1.54, 1.807) is 0 Å². The van der Waals surface area contributed by atoms with Crippen molar-refractivity contribution in [1.29, 1.82) is 0 Å². The Kier molecular flexibility index (Phi) is 3.88. The van der Waals surface area contributed by atoms with E-state index >= 15 is 0 Å². The number of halogens is 3. The Bertz CT molecular complexity index is 202. The molecule has 0 saturated carbocycles. The third-order valence-electron chi connectivity index (χ3n) is 1.63. The molecule has 0 spiro atoms. The molecular formula is C7H12F3O2P. The molecule has 0 aromatic rings. The number of ether oxygens (including phenoxy) is 1. The van der Waals surface area contributed by atoms with Gasteiger partial charge in [-0.2, -0.15) is 13.2 Å². The lowest BCUT2D eigenvalue weighted by atomic mass is 10.0. The fraction of sp³-hybridized carbons (Fsp3) is 0.857. The zero-order valence-electron chi connectivity index (χ0n) is 7.61. The van der Waals surface area contributed by atoms with Crippen LogP contribution in [-0.2, 0) is 9.53 Å². The summed E-state index contributed by atoms with van der Waals surface area (Å²) >= 11 is 0. The SMILES string of the molecule is COC(P)(C(=O)C(C)C)C(F)(F)F. The van der Waals surface area contributed by atoms with Gasteiger partial charge < -0.3 is 4.74 Å². The van der Waals surface area contributed by atoms with Gasteiger partial charge in [0.1, 0.15) is 0 Å². The average molecular weight is 216 g/mol. The molecule has 0 aromatic heterocycles. The molecule has 0 amide bonds. The largest absolute Gasteiger partial charge is 0.428 e. The number of carbonyl (C=O) groups is 1. The van der Waals surface area contributed by atoms with Crippen molar-refractivity contribution in [2.75, 3.05) is 7.11 Å². The molecule has 0 aromatic carbocycles. The van der Waals surface area contributed by atoms with E-state index in [0.29, 0.717) is 0 Å². The van der Waals surface area contributed by atoms with Gasteiger partial charge in [0.15, 0.2) is 5.78 Å². The van der Waals surface area contributed by atoms with Crippen LogP contribution in [0.15, 0.2) is 0 Å². The quantitative estimate of drug-likeness (QED) is 0.674. The number of alkyl halides is 3. The van der Waals surface area contributed by atoms with Gasteiger partial charge in [-0.1, -0.05) is 23.1 Å². The third kappa shape index (κ3) is 2.41. The minimum absolute atomic E-state index is 0.723. The van der Waals surface area contributed by atoms with Crippen molar-refractivity contribution in [2.24, 2.45) is 5.92 Å². The predicted molar refractivity (Wildman–Crippen MR) is 45.4 cm³/mol.